The number of para-hydroxylation sites is 1. The average Bonchev–Trinajstić information content (AvgIpc) is 2.61. The lowest BCUT2D eigenvalue weighted by molar-refractivity contribution is -0.138. The zero-order valence-electron chi connectivity index (χ0n) is 14.3. The van der Waals surface area contributed by atoms with E-state index in [0.29, 0.717) is 25.0 Å². The number of aryl methyl sites for hydroxylation is 1. The second-order valence-electron chi connectivity index (χ2n) is 5.82. The summed E-state index contributed by atoms with van der Waals surface area (Å²) in [5, 5.41) is 12.0. The number of carboxylic acids is 1. The van der Waals surface area contributed by atoms with Gasteiger partial charge < -0.3 is 15.2 Å². The fourth-order valence-electron chi connectivity index (χ4n) is 2.47. The van der Waals surface area contributed by atoms with E-state index in [9.17, 15) is 14.7 Å². The number of carbonyl (C=O) groups is 2. The van der Waals surface area contributed by atoms with Gasteiger partial charge >= 0.3 is 5.97 Å². The lowest BCUT2D eigenvalue weighted by atomic mass is 9.99. The minimum atomic E-state index is -0.950. The van der Waals surface area contributed by atoms with Crippen molar-refractivity contribution in [1.82, 2.24) is 5.32 Å². The summed E-state index contributed by atoms with van der Waals surface area (Å²) >= 11 is 0. The summed E-state index contributed by atoms with van der Waals surface area (Å²) in [5.41, 5.74) is 1.73. The van der Waals surface area contributed by atoms with Crippen molar-refractivity contribution in [2.45, 2.75) is 25.7 Å². The molecule has 5 nitrogen and oxygen atoms in total. The standard InChI is InChI=1S/C20H23NO4/c1-15-8-5-6-11-18(15)25-13-7-12-19(22)21-14-17(20(23)24)16-9-3-2-4-10-16/h2-6,8-11,17H,7,12-14H2,1H3,(H,21,22)(H,23,24). The lowest BCUT2D eigenvalue weighted by Gasteiger charge is -2.14. The van der Waals surface area contributed by atoms with Crippen molar-refractivity contribution in [2.24, 2.45) is 0 Å². The number of aliphatic carboxylic acids is 1. The van der Waals surface area contributed by atoms with Gasteiger partial charge in [0.05, 0.1) is 12.5 Å². The molecular formula is C20H23NO4. The van der Waals surface area contributed by atoms with Crippen LogP contribution in [0.4, 0.5) is 0 Å². The zero-order valence-corrected chi connectivity index (χ0v) is 14.3. The molecule has 132 valence electrons. The molecule has 0 fully saturated rings. The Morgan fingerprint density at radius 1 is 1.08 bits per heavy atom. The molecule has 1 amide bonds. The molecule has 0 spiro atoms. The SMILES string of the molecule is Cc1ccccc1OCCCC(=O)NCC(C(=O)O)c1ccccc1. The summed E-state index contributed by atoms with van der Waals surface area (Å²) in [4.78, 5) is 23.3. The van der Waals surface area contributed by atoms with E-state index >= 15 is 0 Å². The third-order valence-electron chi connectivity index (χ3n) is 3.90. The highest BCUT2D eigenvalue weighted by molar-refractivity contribution is 5.79. The van der Waals surface area contributed by atoms with Crippen LogP contribution in [0.2, 0.25) is 0 Å². The summed E-state index contributed by atoms with van der Waals surface area (Å²) in [6.07, 6.45) is 0.871. The van der Waals surface area contributed by atoms with Crippen molar-refractivity contribution in [3.63, 3.8) is 0 Å². The molecule has 0 aromatic heterocycles. The second-order valence-corrected chi connectivity index (χ2v) is 5.82. The van der Waals surface area contributed by atoms with E-state index in [2.05, 4.69) is 5.32 Å². The molecule has 0 radical (unpaired) electrons. The molecule has 1 atom stereocenters. The van der Waals surface area contributed by atoms with Gasteiger partial charge in [0, 0.05) is 13.0 Å². The predicted molar refractivity (Wildman–Crippen MR) is 95.7 cm³/mol. The maximum Gasteiger partial charge on any atom is 0.312 e. The monoisotopic (exact) mass is 341 g/mol. The number of amides is 1. The van der Waals surface area contributed by atoms with E-state index in [4.69, 9.17) is 4.74 Å². The molecule has 2 aromatic carbocycles. The fourth-order valence-corrected chi connectivity index (χ4v) is 2.47. The van der Waals surface area contributed by atoms with Gasteiger partial charge in [-0.15, -0.1) is 0 Å². The Balaban J connectivity index is 1.73. The number of ether oxygens (including phenoxy) is 1. The van der Waals surface area contributed by atoms with Crippen LogP contribution < -0.4 is 10.1 Å². The molecule has 25 heavy (non-hydrogen) atoms. The minimum absolute atomic E-state index is 0.0802. The first-order valence-corrected chi connectivity index (χ1v) is 8.31. The van der Waals surface area contributed by atoms with Gasteiger partial charge in [-0.05, 0) is 30.5 Å². The first-order valence-electron chi connectivity index (χ1n) is 8.31. The molecule has 0 heterocycles. The molecule has 1 unspecified atom stereocenters. The van der Waals surface area contributed by atoms with E-state index in [-0.39, 0.29) is 12.5 Å². The maximum absolute atomic E-state index is 11.9. The van der Waals surface area contributed by atoms with Crippen LogP contribution in [0.25, 0.3) is 0 Å². The topological polar surface area (TPSA) is 75.6 Å². The highest BCUT2D eigenvalue weighted by Crippen LogP contribution is 2.17. The number of rotatable bonds is 9. The quantitative estimate of drug-likeness (QED) is 0.687. The molecule has 2 aromatic rings. The Morgan fingerprint density at radius 3 is 2.44 bits per heavy atom. The first-order chi connectivity index (χ1) is 12.1. The van der Waals surface area contributed by atoms with Gasteiger partial charge in [0.15, 0.2) is 0 Å². The number of carbonyl (C=O) groups excluding carboxylic acids is 1. The minimum Gasteiger partial charge on any atom is -0.493 e. The molecule has 0 aliphatic carbocycles. The van der Waals surface area contributed by atoms with Crippen LogP contribution in [0.5, 0.6) is 5.75 Å². The van der Waals surface area contributed by atoms with Crippen LogP contribution in [-0.4, -0.2) is 30.1 Å². The van der Waals surface area contributed by atoms with Crippen molar-refractivity contribution >= 4 is 11.9 Å². The van der Waals surface area contributed by atoms with Gasteiger partial charge in [-0.25, -0.2) is 0 Å². The first kappa shape index (κ1) is 18.5. The lowest BCUT2D eigenvalue weighted by Crippen LogP contribution is -2.31. The smallest absolute Gasteiger partial charge is 0.312 e. The molecule has 0 saturated heterocycles. The second kappa shape index (κ2) is 9.47. The van der Waals surface area contributed by atoms with Gasteiger partial charge in [-0.2, -0.15) is 0 Å². The van der Waals surface area contributed by atoms with Crippen molar-refractivity contribution in [1.29, 1.82) is 0 Å². The molecule has 5 heteroatoms. The molecule has 0 aliphatic rings. The van der Waals surface area contributed by atoms with Crippen molar-refractivity contribution in [2.75, 3.05) is 13.2 Å². The summed E-state index contributed by atoms with van der Waals surface area (Å²) in [6, 6.07) is 16.6. The number of nitrogens with one attached hydrogen (secondary N) is 1. The Hall–Kier alpha value is -2.82. The van der Waals surface area contributed by atoms with Crippen LogP contribution in [-0.2, 0) is 9.59 Å². The molecule has 2 rings (SSSR count). The van der Waals surface area contributed by atoms with Gasteiger partial charge in [0.1, 0.15) is 5.75 Å². The fraction of sp³-hybridized carbons (Fsp3) is 0.300. The van der Waals surface area contributed by atoms with E-state index in [1.54, 1.807) is 24.3 Å². The molecule has 2 N–H and O–H groups in total. The van der Waals surface area contributed by atoms with Crippen LogP contribution >= 0.6 is 0 Å². The van der Waals surface area contributed by atoms with E-state index in [1.165, 1.54) is 0 Å². The maximum atomic E-state index is 11.9. The zero-order chi connectivity index (χ0) is 18.1. The Kier molecular flexibility index (Phi) is 7.01. The van der Waals surface area contributed by atoms with E-state index in [1.807, 2.05) is 37.3 Å². The summed E-state index contributed by atoms with van der Waals surface area (Å²) in [5.74, 6) is -1.05. The van der Waals surface area contributed by atoms with E-state index < -0.39 is 11.9 Å². The summed E-state index contributed by atoms with van der Waals surface area (Å²) in [7, 11) is 0. The molecule has 0 aliphatic heterocycles. The molecular weight excluding hydrogens is 318 g/mol. The third kappa shape index (κ3) is 5.95. The average molecular weight is 341 g/mol. The summed E-state index contributed by atoms with van der Waals surface area (Å²) < 4.78 is 5.65. The number of hydrogen-bond donors (Lipinski definition) is 2. The Labute approximate surface area is 147 Å². The Bertz CT molecular complexity index is 700. The van der Waals surface area contributed by atoms with Crippen molar-refractivity contribution < 1.29 is 19.4 Å². The van der Waals surface area contributed by atoms with E-state index in [0.717, 1.165) is 11.3 Å². The molecule has 0 saturated carbocycles. The number of hydrogen-bond acceptors (Lipinski definition) is 3. The number of carboxylic acid groups (broad SMARTS) is 1. The van der Waals surface area contributed by atoms with Crippen LogP contribution in [0.1, 0.15) is 29.9 Å². The Morgan fingerprint density at radius 2 is 1.76 bits per heavy atom. The van der Waals surface area contributed by atoms with Crippen LogP contribution in [0.15, 0.2) is 54.6 Å². The van der Waals surface area contributed by atoms with Gasteiger partial charge in [0.2, 0.25) is 5.91 Å². The molecule has 0 bridgehead atoms. The van der Waals surface area contributed by atoms with Crippen molar-refractivity contribution in [3.8, 4) is 5.75 Å². The van der Waals surface area contributed by atoms with Gasteiger partial charge in [-0.1, -0.05) is 48.5 Å². The predicted octanol–water partition coefficient (Wildman–Crippen LogP) is 3.14. The van der Waals surface area contributed by atoms with Crippen molar-refractivity contribution in [3.05, 3.63) is 65.7 Å². The summed E-state index contributed by atoms with van der Waals surface area (Å²) in [6.45, 7) is 2.49. The normalized spacial score (nSPS) is 11.6. The van der Waals surface area contributed by atoms with Crippen LogP contribution in [0.3, 0.4) is 0 Å². The highest BCUT2D eigenvalue weighted by atomic mass is 16.5. The number of benzene rings is 2. The van der Waals surface area contributed by atoms with Gasteiger partial charge in [0.25, 0.3) is 0 Å². The third-order valence-corrected chi connectivity index (χ3v) is 3.90. The van der Waals surface area contributed by atoms with Gasteiger partial charge in [-0.3, -0.25) is 9.59 Å². The van der Waals surface area contributed by atoms with Crippen LogP contribution in [0, 0.1) is 6.92 Å². The largest absolute Gasteiger partial charge is 0.493 e. The highest BCUT2D eigenvalue weighted by Gasteiger charge is 2.20.